The summed E-state index contributed by atoms with van der Waals surface area (Å²) in [5, 5.41) is 0. The summed E-state index contributed by atoms with van der Waals surface area (Å²) >= 11 is 0. The van der Waals surface area contributed by atoms with Crippen molar-refractivity contribution in [1.82, 2.24) is 4.98 Å². The van der Waals surface area contributed by atoms with Gasteiger partial charge in [0.25, 0.3) is 0 Å². The van der Waals surface area contributed by atoms with E-state index in [0.29, 0.717) is 5.92 Å². The van der Waals surface area contributed by atoms with Gasteiger partial charge >= 0.3 is 0 Å². The summed E-state index contributed by atoms with van der Waals surface area (Å²) in [5.74, 6) is 0.178. The Morgan fingerprint density at radius 2 is 1.32 bits per heavy atom. The van der Waals surface area contributed by atoms with Crippen LogP contribution in [0, 0.1) is 5.82 Å². The second-order valence-corrected chi connectivity index (χ2v) is 5.70. The molecular formula is C20H18FN. The van der Waals surface area contributed by atoms with Crippen LogP contribution in [-0.4, -0.2) is 4.98 Å². The number of hydrogen-bond acceptors (Lipinski definition) is 1. The predicted molar refractivity (Wildman–Crippen MR) is 89.2 cm³/mol. The molecule has 0 saturated carbocycles. The zero-order valence-corrected chi connectivity index (χ0v) is 12.8. The zero-order valence-electron chi connectivity index (χ0n) is 12.8. The molecule has 0 fully saturated rings. The van der Waals surface area contributed by atoms with Gasteiger partial charge in [-0.25, -0.2) is 9.37 Å². The standard InChI is InChI=1S/C20H18FN/c1-14(2)17-12-19(15-6-4-3-5-7-15)22-20(13-17)16-8-10-18(21)11-9-16/h3-14H,1-2H3. The third kappa shape index (κ3) is 3.06. The summed E-state index contributed by atoms with van der Waals surface area (Å²) in [7, 11) is 0. The van der Waals surface area contributed by atoms with Crippen molar-refractivity contribution in [3.05, 3.63) is 78.1 Å². The smallest absolute Gasteiger partial charge is 0.123 e. The Balaban J connectivity index is 2.14. The molecule has 0 aliphatic heterocycles. The van der Waals surface area contributed by atoms with Crippen molar-refractivity contribution in [2.45, 2.75) is 19.8 Å². The van der Waals surface area contributed by atoms with E-state index in [9.17, 15) is 4.39 Å². The lowest BCUT2D eigenvalue weighted by molar-refractivity contribution is 0.628. The van der Waals surface area contributed by atoms with Gasteiger partial charge in [-0.2, -0.15) is 0 Å². The second kappa shape index (κ2) is 6.10. The lowest BCUT2D eigenvalue weighted by Crippen LogP contribution is -1.95. The molecule has 3 aromatic rings. The minimum Gasteiger partial charge on any atom is -0.248 e. The average molecular weight is 291 g/mol. The molecule has 0 aliphatic rings. The monoisotopic (exact) mass is 291 g/mol. The maximum Gasteiger partial charge on any atom is 0.123 e. The van der Waals surface area contributed by atoms with Gasteiger partial charge in [-0.1, -0.05) is 44.2 Å². The molecule has 1 heterocycles. The van der Waals surface area contributed by atoms with E-state index >= 15 is 0 Å². The van der Waals surface area contributed by atoms with Crippen LogP contribution in [0.2, 0.25) is 0 Å². The fourth-order valence-electron chi connectivity index (χ4n) is 2.41. The van der Waals surface area contributed by atoms with Crippen molar-refractivity contribution in [3.63, 3.8) is 0 Å². The van der Waals surface area contributed by atoms with Gasteiger partial charge in [-0.3, -0.25) is 0 Å². The van der Waals surface area contributed by atoms with Crippen LogP contribution in [0.4, 0.5) is 4.39 Å². The van der Waals surface area contributed by atoms with Gasteiger partial charge < -0.3 is 0 Å². The fourth-order valence-corrected chi connectivity index (χ4v) is 2.41. The molecule has 0 saturated heterocycles. The van der Waals surface area contributed by atoms with Gasteiger partial charge in [0.15, 0.2) is 0 Å². The Labute approximate surface area is 130 Å². The Hall–Kier alpha value is -2.48. The molecule has 0 radical (unpaired) electrons. The molecule has 0 bridgehead atoms. The van der Waals surface area contributed by atoms with Crippen molar-refractivity contribution >= 4 is 0 Å². The van der Waals surface area contributed by atoms with Crippen LogP contribution in [0.3, 0.4) is 0 Å². The Bertz CT molecular complexity index is 761. The summed E-state index contributed by atoms with van der Waals surface area (Å²) in [6.45, 7) is 4.33. The highest BCUT2D eigenvalue weighted by molar-refractivity contribution is 5.67. The molecule has 2 heteroatoms. The van der Waals surface area contributed by atoms with Crippen molar-refractivity contribution in [2.75, 3.05) is 0 Å². The van der Waals surface area contributed by atoms with E-state index in [1.165, 1.54) is 17.7 Å². The zero-order chi connectivity index (χ0) is 15.5. The topological polar surface area (TPSA) is 12.9 Å². The molecule has 3 rings (SSSR count). The number of hydrogen-bond donors (Lipinski definition) is 0. The van der Waals surface area contributed by atoms with E-state index < -0.39 is 0 Å². The maximum absolute atomic E-state index is 13.1. The molecule has 2 aromatic carbocycles. The third-order valence-corrected chi connectivity index (χ3v) is 3.72. The van der Waals surface area contributed by atoms with E-state index in [-0.39, 0.29) is 5.82 Å². The number of aromatic nitrogens is 1. The van der Waals surface area contributed by atoms with Crippen LogP contribution in [0.25, 0.3) is 22.5 Å². The molecule has 0 N–H and O–H groups in total. The molecule has 0 aliphatic carbocycles. The minimum atomic E-state index is -0.230. The SMILES string of the molecule is CC(C)c1cc(-c2ccccc2)nc(-c2ccc(F)cc2)c1. The Morgan fingerprint density at radius 1 is 0.773 bits per heavy atom. The van der Waals surface area contributed by atoms with E-state index in [4.69, 9.17) is 4.98 Å². The van der Waals surface area contributed by atoms with Crippen LogP contribution in [-0.2, 0) is 0 Å². The number of benzene rings is 2. The van der Waals surface area contributed by atoms with Crippen LogP contribution < -0.4 is 0 Å². The van der Waals surface area contributed by atoms with Gasteiger partial charge in [0.05, 0.1) is 11.4 Å². The molecule has 22 heavy (non-hydrogen) atoms. The van der Waals surface area contributed by atoms with Gasteiger partial charge in [-0.15, -0.1) is 0 Å². The molecule has 1 nitrogen and oxygen atoms in total. The van der Waals surface area contributed by atoms with Crippen molar-refractivity contribution in [1.29, 1.82) is 0 Å². The van der Waals surface area contributed by atoms with Crippen molar-refractivity contribution in [3.8, 4) is 22.5 Å². The van der Waals surface area contributed by atoms with Crippen LogP contribution >= 0.6 is 0 Å². The first kappa shape index (κ1) is 14.5. The van der Waals surface area contributed by atoms with E-state index in [1.54, 1.807) is 12.1 Å². The Kier molecular flexibility index (Phi) is 4.01. The first-order valence-corrected chi connectivity index (χ1v) is 7.47. The summed E-state index contributed by atoms with van der Waals surface area (Å²) in [6.07, 6.45) is 0. The molecule has 110 valence electrons. The quantitative estimate of drug-likeness (QED) is 0.605. The first-order valence-electron chi connectivity index (χ1n) is 7.47. The lowest BCUT2D eigenvalue weighted by atomic mass is 9.98. The highest BCUT2D eigenvalue weighted by Crippen LogP contribution is 2.28. The van der Waals surface area contributed by atoms with E-state index in [2.05, 4.69) is 38.1 Å². The summed E-state index contributed by atoms with van der Waals surface area (Å²) < 4.78 is 13.1. The highest BCUT2D eigenvalue weighted by Gasteiger charge is 2.09. The summed E-state index contributed by atoms with van der Waals surface area (Å²) in [4.78, 5) is 4.76. The number of nitrogens with zero attached hydrogens (tertiary/aromatic N) is 1. The van der Waals surface area contributed by atoms with E-state index in [0.717, 1.165) is 22.5 Å². The van der Waals surface area contributed by atoms with Crippen LogP contribution in [0.5, 0.6) is 0 Å². The van der Waals surface area contributed by atoms with Gasteiger partial charge in [0, 0.05) is 11.1 Å². The van der Waals surface area contributed by atoms with Gasteiger partial charge in [0.1, 0.15) is 5.82 Å². The number of pyridine rings is 1. The lowest BCUT2D eigenvalue weighted by Gasteiger charge is -2.12. The molecular weight excluding hydrogens is 273 g/mol. The van der Waals surface area contributed by atoms with E-state index in [1.807, 2.05) is 18.2 Å². The number of rotatable bonds is 3. The third-order valence-electron chi connectivity index (χ3n) is 3.72. The molecule has 0 atom stereocenters. The largest absolute Gasteiger partial charge is 0.248 e. The minimum absolute atomic E-state index is 0.230. The molecule has 0 unspecified atom stereocenters. The molecule has 0 spiro atoms. The predicted octanol–water partition coefficient (Wildman–Crippen LogP) is 5.68. The first-order chi connectivity index (χ1) is 10.6. The maximum atomic E-state index is 13.1. The summed E-state index contributed by atoms with van der Waals surface area (Å²) in [5.41, 5.74) is 5.08. The molecule has 0 amide bonds. The van der Waals surface area contributed by atoms with Crippen molar-refractivity contribution < 1.29 is 4.39 Å². The van der Waals surface area contributed by atoms with Gasteiger partial charge in [0.2, 0.25) is 0 Å². The van der Waals surface area contributed by atoms with Gasteiger partial charge in [-0.05, 0) is 47.9 Å². The van der Waals surface area contributed by atoms with Crippen LogP contribution in [0.1, 0.15) is 25.3 Å². The Morgan fingerprint density at radius 3 is 1.86 bits per heavy atom. The number of halogens is 1. The average Bonchev–Trinajstić information content (AvgIpc) is 2.56. The highest BCUT2D eigenvalue weighted by atomic mass is 19.1. The molecule has 1 aromatic heterocycles. The normalized spacial score (nSPS) is 10.9. The fraction of sp³-hybridized carbons (Fsp3) is 0.150. The summed E-state index contributed by atoms with van der Waals surface area (Å²) in [6, 6.07) is 20.8. The van der Waals surface area contributed by atoms with Crippen molar-refractivity contribution in [2.24, 2.45) is 0 Å². The van der Waals surface area contributed by atoms with Crippen LogP contribution in [0.15, 0.2) is 66.7 Å². The second-order valence-electron chi connectivity index (χ2n) is 5.70.